The van der Waals surface area contributed by atoms with Crippen molar-refractivity contribution >= 4 is 28.3 Å². The Morgan fingerprint density at radius 2 is 1.93 bits per heavy atom. The molecule has 41 heavy (non-hydrogen) atoms. The van der Waals surface area contributed by atoms with Gasteiger partial charge in [0.05, 0.1) is 6.61 Å². The van der Waals surface area contributed by atoms with Crippen molar-refractivity contribution in [2.24, 2.45) is 0 Å². The Hall–Kier alpha value is -3.27. The average Bonchev–Trinajstić information content (AvgIpc) is 3.21. The van der Waals surface area contributed by atoms with Crippen LogP contribution in [0.15, 0.2) is 62.7 Å². The van der Waals surface area contributed by atoms with Crippen molar-refractivity contribution in [3.05, 3.63) is 91.1 Å². The molecule has 0 spiro atoms. The zero-order chi connectivity index (χ0) is 29.1. The highest BCUT2D eigenvalue weighted by atomic mass is 35.5. The molecule has 3 aromatic rings. The number of aromatic nitrogens is 4. The van der Waals surface area contributed by atoms with Gasteiger partial charge >= 0.3 is 5.69 Å². The van der Waals surface area contributed by atoms with Gasteiger partial charge < -0.3 is 14.0 Å². The molecule has 0 bridgehead atoms. The number of fused-ring (bicyclic) bond motifs is 1. The molecule has 0 radical (unpaired) electrons. The fourth-order valence-corrected chi connectivity index (χ4v) is 5.47. The third kappa shape index (κ3) is 6.32. The van der Waals surface area contributed by atoms with E-state index in [1.165, 1.54) is 16.7 Å². The Balaban J connectivity index is 1.63. The standard InChI is InChI=1S/C31H36ClFN4O4/c1-20(2)37-29-27(30(38)35(31(37)39)16-6-18-41-26-7-4-5-17-40-26)36(19-22-9-13-24(33)14-10-22)28(34-29)25-15-12-23(32)11-8-21(25)3/h9-15,20,26H,4-8,16-19H2,1-3H3. The molecule has 218 valence electrons. The summed E-state index contributed by atoms with van der Waals surface area (Å²) in [5.41, 5.74) is 2.48. The third-order valence-corrected chi connectivity index (χ3v) is 7.79. The number of ether oxygens (including phenoxy) is 2. The Labute approximate surface area is 243 Å². The number of rotatable bonds is 9. The number of hydrogen-bond donors (Lipinski definition) is 0. The molecule has 8 nitrogen and oxygen atoms in total. The lowest BCUT2D eigenvalue weighted by Crippen LogP contribution is -2.41. The quantitative estimate of drug-likeness (QED) is 0.293. The molecule has 2 aliphatic rings. The first-order chi connectivity index (χ1) is 19.7. The van der Waals surface area contributed by atoms with Crippen LogP contribution < -0.4 is 11.2 Å². The third-order valence-electron chi connectivity index (χ3n) is 7.51. The van der Waals surface area contributed by atoms with Gasteiger partial charge in [0.1, 0.15) is 11.6 Å². The first kappa shape index (κ1) is 29.2. The summed E-state index contributed by atoms with van der Waals surface area (Å²) < 4.78 is 29.9. The van der Waals surface area contributed by atoms with Gasteiger partial charge in [0.25, 0.3) is 5.56 Å². The molecule has 1 saturated heterocycles. The molecule has 0 amide bonds. The Morgan fingerprint density at radius 3 is 2.63 bits per heavy atom. The van der Waals surface area contributed by atoms with Crippen LogP contribution in [0.3, 0.4) is 0 Å². The summed E-state index contributed by atoms with van der Waals surface area (Å²) in [6, 6.07) is 5.92. The number of benzene rings is 1. The lowest BCUT2D eigenvalue weighted by molar-refractivity contribution is -0.163. The van der Waals surface area contributed by atoms with Gasteiger partial charge in [0.2, 0.25) is 0 Å². The lowest BCUT2D eigenvalue weighted by Gasteiger charge is -2.22. The molecule has 0 N–H and O–H groups in total. The second-order valence-corrected chi connectivity index (χ2v) is 11.3. The minimum absolute atomic E-state index is 0.200. The van der Waals surface area contributed by atoms with E-state index in [2.05, 4.69) is 0 Å². The zero-order valence-electron chi connectivity index (χ0n) is 23.7. The molecule has 1 aliphatic heterocycles. The first-order valence-electron chi connectivity index (χ1n) is 14.2. The van der Waals surface area contributed by atoms with Gasteiger partial charge in [-0.15, -0.1) is 0 Å². The zero-order valence-corrected chi connectivity index (χ0v) is 24.5. The summed E-state index contributed by atoms with van der Waals surface area (Å²) >= 11 is 6.31. The van der Waals surface area contributed by atoms with Crippen LogP contribution >= 0.6 is 11.6 Å². The van der Waals surface area contributed by atoms with Gasteiger partial charge in [-0.25, -0.2) is 14.2 Å². The molecular weight excluding hydrogens is 547 g/mol. The molecule has 1 unspecified atom stereocenters. The molecule has 10 heteroatoms. The summed E-state index contributed by atoms with van der Waals surface area (Å²) in [4.78, 5) is 32.7. The summed E-state index contributed by atoms with van der Waals surface area (Å²) in [6.45, 7) is 7.33. The van der Waals surface area contributed by atoms with Gasteiger partial charge in [0.15, 0.2) is 17.5 Å². The van der Waals surface area contributed by atoms with Crippen molar-refractivity contribution in [2.75, 3.05) is 13.2 Å². The minimum atomic E-state index is -0.413. The topological polar surface area (TPSA) is 80.3 Å². The van der Waals surface area contributed by atoms with Crippen LogP contribution in [0.4, 0.5) is 4.39 Å². The van der Waals surface area contributed by atoms with E-state index in [1.807, 2.05) is 37.5 Å². The molecule has 1 aliphatic carbocycles. The van der Waals surface area contributed by atoms with E-state index in [0.29, 0.717) is 48.1 Å². The van der Waals surface area contributed by atoms with Crippen molar-refractivity contribution in [1.29, 1.82) is 0 Å². The molecule has 2 aromatic heterocycles. The maximum Gasteiger partial charge on any atom is 0.332 e. The number of hydrogen-bond acceptors (Lipinski definition) is 5. The second-order valence-electron chi connectivity index (χ2n) is 10.9. The Morgan fingerprint density at radius 1 is 1.15 bits per heavy atom. The van der Waals surface area contributed by atoms with Crippen molar-refractivity contribution < 1.29 is 13.9 Å². The number of allylic oxidation sites excluding steroid dienone is 6. The van der Waals surface area contributed by atoms with Crippen molar-refractivity contribution in [3.63, 3.8) is 0 Å². The monoisotopic (exact) mass is 582 g/mol. The molecule has 3 heterocycles. The Kier molecular flexibility index (Phi) is 9.06. The second kappa shape index (κ2) is 12.7. The fourth-order valence-electron chi connectivity index (χ4n) is 5.33. The van der Waals surface area contributed by atoms with E-state index >= 15 is 0 Å². The van der Waals surface area contributed by atoms with Crippen LogP contribution in [0.1, 0.15) is 70.3 Å². The SMILES string of the molecule is CC1=C(c2nc3c(c(=O)n(CCCOC4CCCCO4)c(=O)n3C(C)C)n2Cc2ccc(F)cc2)C=CC(Cl)=CC1. The van der Waals surface area contributed by atoms with E-state index in [0.717, 1.165) is 36.0 Å². The van der Waals surface area contributed by atoms with Gasteiger partial charge in [-0.1, -0.05) is 35.4 Å². The average molecular weight is 583 g/mol. The predicted molar refractivity (Wildman–Crippen MR) is 159 cm³/mol. The number of nitrogens with zero attached hydrogens (tertiary/aromatic N) is 4. The molecule has 5 rings (SSSR count). The van der Waals surface area contributed by atoms with Crippen molar-refractivity contribution in [3.8, 4) is 0 Å². The largest absolute Gasteiger partial charge is 0.353 e. The van der Waals surface area contributed by atoms with Crippen LogP contribution in [0, 0.1) is 5.82 Å². The smallest absolute Gasteiger partial charge is 0.332 e. The maximum absolute atomic E-state index is 14.1. The minimum Gasteiger partial charge on any atom is -0.353 e. The highest BCUT2D eigenvalue weighted by molar-refractivity contribution is 6.31. The van der Waals surface area contributed by atoms with Gasteiger partial charge in [-0.2, -0.15) is 0 Å². The Bertz CT molecular complexity index is 1620. The normalized spacial score (nSPS) is 17.9. The molecule has 1 atom stereocenters. The highest BCUT2D eigenvalue weighted by Crippen LogP contribution is 2.29. The number of imidazole rings is 1. The molecule has 1 aromatic carbocycles. The van der Waals surface area contributed by atoms with E-state index in [1.54, 1.807) is 22.8 Å². The van der Waals surface area contributed by atoms with Crippen LogP contribution in [0.5, 0.6) is 0 Å². The van der Waals surface area contributed by atoms with Crippen LogP contribution in [0.2, 0.25) is 0 Å². The van der Waals surface area contributed by atoms with Crippen LogP contribution in [0.25, 0.3) is 16.7 Å². The lowest BCUT2D eigenvalue weighted by atomic mass is 10.1. The van der Waals surface area contributed by atoms with Crippen LogP contribution in [-0.2, 0) is 22.6 Å². The summed E-state index contributed by atoms with van der Waals surface area (Å²) in [7, 11) is 0. The van der Waals surface area contributed by atoms with E-state index < -0.39 is 11.2 Å². The summed E-state index contributed by atoms with van der Waals surface area (Å²) in [5, 5.41) is 0.614. The van der Waals surface area contributed by atoms with E-state index in [9.17, 15) is 14.0 Å². The van der Waals surface area contributed by atoms with Crippen molar-refractivity contribution in [1.82, 2.24) is 18.7 Å². The summed E-state index contributed by atoms with van der Waals surface area (Å²) in [6.07, 6.45) is 9.43. The van der Waals surface area contributed by atoms with E-state index in [4.69, 9.17) is 26.1 Å². The van der Waals surface area contributed by atoms with Gasteiger partial charge in [0, 0.05) is 36.3 Å². The molecule has 1 fully saturated rings. The summed E-state index contributed by atoms with van der Waals surface area (Å²) in [5.74, 6) is 0.214. The molecular formula is C31H36ClFN4O4. The highest BCUT2D eigenvalue weighted by Gasteiger charge is 2.25. The number of halogens is 2. The first-order valence-corrected chi connectivity index (χ1v) is 14.6. The predicted octanol–water partition coefficient (Wildman–Crippen LogP) is 5.92. The van der Waals surface area contributed by atoms with E-state index in [-0.39, 0.29) is 31.2 Å². The van der Waals surface area contributed by atoms with Crippen LogP contribution in [-0.4, -0.2) is 38.2 Å². The fraction of sp³-hybridized carbons (Fsp3) is 0.452. The van der Waals surface area contributed by atoms with Gasteiger partial charge in [-0.05, 0) is 82.7 Å². The maximum atomic E-state index is 14.1. The van der Waals surface area contributed by atoms with Crippen molar-refractivity contribution in [2.45, 2.75) is 78.3 Å². The molecule has 0 saturated carbocycles. The van der Waals surface area contributed by atoms with Gasteiger partial charge in [-0.3, -0.25) is 13.9 Å².